The highest BCUT2D eigenvalue weighted by Gasteiger charge is 2.54. The van der Waals surface area contributed by atoms with Gasteiger partial charge in [-0.15, -0.1) is 0 Å². The number of hydrogen-bond acceptors (Lipinski definition) is 3. The molecule has 2 aliphatic rings. The molecule has 1 aromatic carbocycles. The van der Waals surface area contributed by atoms with Crippen molar-refractivity contribution in [1.82, 2.24) is 4.90 Å². The van der Waals surface area contributed by atoms with Crippen LogP contribution in [0.15, 0.2) is 24.3 Å². The smallest absolute Gasteiger partial charge is 0.306 e. The lowest BCUT2D eigenvalue weighted by Gasteiger charge is -2.35. The summed E-state index contributed by atoms with van der Waals surface area (Å²) in [6.45, 7) is 0.990. The molecule has 1 saturated carbocycles. The predicted molar refractivity (Wildman–Crippen MR) is 75.9 cm³/mol. The van der Waals surface area contributed by atoms with E-state index in [4.69, 9.17) is 9.84 Å². The number of ether oxygens (including phenoxy) is 1. The summed E-state index contributed by atoms with van der Waals surface area (Å²) in [5.74, 6) is -1.42. The minimum atomic E-state index is -0.950. The van der Waals surface area contributed by atoms with Gasteiger partial charge >= 0.3 is 5.97 Å². The fourth-order valence-corrected chi connectivity index (χ4v) is 3.10. The topological polar surface area (TPSA) is 66.8 Å². The fraction of sp³-hybridized carbons (Fsp3) is 0.500. The molecule has 1 aromatic rings. The van der Waals surface area contributed by atoms with Crippen molar-refractivity contribution in [3.05, 3.63) is 35.6 Å². The molecule has 1 aliphatic carbocycles. The van der Waals surface area contributed by atoms with Crippen molar-refractivity contribution >= 4 is 11.9 Å². The maximum Gasteiger partial charge on any atom is 0.306 e. The molecule has 1 amide bonds. The Kier molecular flexibility index (Phi) is 3.87. The SMILES string of the molecule is O=C(O)C[C@H]1CN(C(=O)C2(c3ccccc3F)CC2)CCO1. The monoisotopic (exact) mass is 307 g/mol. The van der Waals surface area contributed by atoms with Crippen LogP contribution in [0.2, 0.25) is 0 Å². The van der Waals surface area contributed by atoms with Crippen LogP contribution in [-0.4, -0.2) is 47.7 Å². The molecule has 5 nitrogen and oxygen atoms in total. The highest BCUT2D eigenvalue weighted by molar-refractivity contribution is 5.91. The number of morpholine rings is 1. The van der Waals surface area contributed by atoms with Crippen LogP contribution >= 0.6 is 0 Å². The fourth-order valence-electron chi connectivity index (χ4n) is 3.10. The summed E-state index contributed by atoms with van der Waals surface area (Å²) in [6, 6.07) is 6.37. The average molecular weight is 307 g/mol. The van der Waals surface area contributed by atoms with Crippen LogP contribution in [-0.2, 0) is 19.7 Å². The van der Waals surface area contributed by atoms with Crippen LogP contribution < -0.4 is 0 Å². The third kappa shape index (κ3) is 2.70. The van der Waals surface area contributed by atoms with Gasteiger partial charge in [0.25, 0.3) is 0 Å². The van der Waals surface area contributed by atoms with E-state index in [1.807, 2.05) is 0 Å². The number of carboxylic acid groups (broad SMARTS) is 1. The largest absolute Gasteiger partial charge is 0.481 e. The van der Waals surface area contributed by atoms with Crippen molar-refractivity contribution in [1.29, 1.82) is 0 Å². The van der Waals surface area contributed by atoms with Gasteiger partial charge in [0.05, 0.1) is 24.5 Å². The van der Waals surface area contributed by atoms with Gasteiger partial charge in [-0.3, -0.25) is 9.59 Å². The number of nitrogens with zero attached hydrogens (tertiary/aromatic N) is 1. The molecule has 118 valence electrons. The third-order valence-electron chi connectivity index (χ3n) is 4.38. The van der Waals surface area contributed by atoms with Gasteiger partial charge in [-0.25, -0.2) is 4.39 Å². The highest BCUT2D eigenvalue weighted by Crippen LogP contribution is 2.50. The number of amides is 1. The van der Waals surface area contributed by atoms with E-state index in [1.165, 1.54) is 6.07 Å². The summed E-state index contributed by atoms with van der Waals surface area (Å²) in [5, 5.41) is 8.84. The third-order valence-corrected chi connectivity index (χ3v) is 4.38. The van der Waals surface area contributed by atoms with Crippen molar-refractivity contribution < 1.29 is 23.8 Å². The molecule has 1 N–H and O–H groups in total. The zero-order chi connectivity index (χ0) is 15.7. The lowest BCUT2D eigenvalue weighted by Crippen LogP contribution is -2.49. The molecule has 2 fully saturated rings. The van der Waals surface area contributed by atoms with Crippen LogP contribution in [0.5, 0.6) is 0 Å². The van der Waals surface area contributed by atoms with Crippen LogP contribution in [0.4, 0.5) is 4.39 Å². The summed E-state index contributed by atoms with van der Waals surface area (Å²) >= 11 is 0. The van der Waals surface area contributed by atoms with E-state index in [9.17, 15) is 14.0 Å². The normalized spacial score (nSPS) is 23.1. The van der Waals surface area contributed by atoms with E-state index in [0.717, 1.165) is 0 Å². The van der Waals surface area contributed by atoms with E-state index in [2.05, 4.69) is 0 Å². The highest BCUT2D eigenvalue weighted by atomic mass is 19.1. The quantitative estimate of drug-likeness (QED) is 0.916. The van der Waals surface area contributed by atoms with Gasteiger partial charge in [0, 0.05) is 18.7 Å². The van der Waals surface area contributed by atoms with Crippen molar-refractivity contribution in [2.75, 3.05) is 19.7 Å². The predicted octanol–water partition coefficient (Wildman–Crippen LogP) is 1.56. The standard InChI is InChI=1S/C16H18FNO4/c17-13-4-2-1-3-12(13)16(5-6-16)15(21)18-7-8-22-11(10-18)9-14(19)20/h1-4,11H,5-10H2,(H,19,20)/t11-/m0/s1. The first-order valence-electron chi connectivity index (χ1n) is 7.41. The van der Waals surface area contributed by atoms with Gasteiger partial charge in [-0.05, 0) is 18.9 Å². The van der Waals surface area contributed by atoms with E-state index in [-0.39, 0.29) is 24.7 Å². The lowest BCUT2D eigenvalue weighted by molar-refractivity contribution is -0.149. The maximum absolute atomic E-state index is 14.0. The number of halogens is 1. The van der Waals surface area contributed by atoms with Crippen molar-refractivity contribution in [3.63, 3.8) is 0 Å². The Hall–Kier alpha value is -1.95. The molecule has 0 unspecified atom stereocenters. The van der Waals surface area contributed by atoms with Crippen LogP contribution in [0, 0.1) is 5.82 Å². The molecule has 3 rings (SSSR count). The molecule has 1 atom stereocenters. The average Bonchev–Trinajstić information content (AvgIpc) is 3.28. The summed E-state index contributed by atoms with van der Waals surface area (Å²) in [7, 11) is 0. The summed E-state index contributed by atoms with van der Waals surface area (Å²) in [5.41, 5.74) is -0.322. The summed E-state index contributed by atoms with van der Waals surface area (Å²) in [6.07, 6.45) is 0.643. The zero-order valence-corrected chi connectivity index (χ0v) is 12.1. The number of carbonyl (C=O) groups excluding carboxylic acids is 1. The van der Waals surface area contributed by atoms with Crippen molar-refractivity contribution in [3.8, 4) is 0 Å². The van der Waals surface area contributed by atoms with Crippen LogP contribution in [0.3, 0.4) is 0 Å². The molecular formula is C16H18FNO4. The molecule has 1 saturated heterocycles. The summed E-state index contributed by atoms with van der Waals surface area (Å²) < 4.78 is 19.4. The second-order valence-electron chi connectivity index (χ2n) is 5.90. The number of rotatable bonds is 4. The molecule has 0 aromatic heterocycles. The Balaban J connectivity index is 1.76. The van der Waals surface area contributed by atoms with E-state index >= 15 is 0 Å². The molecule has 6 heteroatoms. The van der Waals surface area contributed by atoms with Gasteiger partial charge in [0.1, 0.15) is 5.82 Å². The molecular weight excluding hydrogens is 289 g/mol. The summed E-state index contributed by atoms with van der Waals surface area (Å²) in [4.78, 5) is 25.2. The van der Waals surface area contributed by atoms with Gasteiger partial charge in [-0.1, -0.05) is 18.2 Å². The molecule has 1 aliphatic heterocycles. The number of aliphatic carboxylic acids is 1. The van der Waals surface area contributed by atoms with Gasteiger partial charge < -0.3 is 14.7 Å². The first-order valence-corrected chi connectivity index (χ1v) is 7.41. The number of carboxylic acids is 1. The van der Waals surface area contributed by atoms with E-state index in [1.54, 1.807) is 23.1 Å². The maximum atomic E-state index is 14.0. The first kappa shape index (κ1) is 15.0. The van der Waals surface area contributed by atoms with Gasteiger partial charge in [0.15, 0.2) is 0 Å². The molecule has 22 heavy (non-hydrogen) atoms. The van der Waals surface area contributed by atoms with Crippen molar-refractivity contribution in [2.45, 2.75) is 30.8 Å². The van der Waals surface area contributed by atoms with Crippen molar-refractivity contribution in [2.24, 2.45) is 0 Å². The minimum Gasteiger partial charge on any atom is -0.481 e. The van der Waals surface area contributed by atoms with Crippen LogP contribution in [0.25, 0.3) is 0 Å². The zero-order valence-electron chi connectivity index (χ0n) is 12.1. The Morgan fingerprint density at radius 3 is 2.73 bits per heavy atom. The van der Waals surface area contributed by atoms with Crippen LogP contribution in [0.1, 0.15) is 24.8 Å². The number of benzene rings is 1. The minimum absolute atomic E-state index is 0.115. The molecule has 0 radical (unpaired) electrons. The van der Waals surface area contributed by atoms with E-state index in [0.29, 0.717) is 31.6 Å². The lowest BCUT2D eigenvalue weighted by atomic mass is 9.93. The Labute approximate surface area is 127 Å². The Morgan fingerprint density at radius 1 is 1.36 bits per heavy atom. The molecule has 0 spiro atoms. The Bertz CT molecular complexity index is 600. The number of carbonyl (C=O) groups is 2. The van der Waals surface area contributed by atoms with Gasteiger partial charge in [-0.2, -0.15) is 0 Å². The van der Waals surface area contributed by atoms with Gasteiger partial charge in [0.2, 0.25) is 5.91 Å². The number of hydrogen-bond donors (Lipinski definition) is 1. The first-order chi connectivity index (χ1) is 10.5. The molecule has 0 bridgehead atoms. The second kappa shape index (κ2) is 5.68. The second-order valence-corrected chi connectivity index (χ2v) is 5.90. The Morgan fingerprint density at radius 2 is 2.09 bits per heavy atom. The molecule has 1 heterocycles. The van der Waals surface area contributed by atoms with E-state index < -0.39 is 17.5 Å².